The number of nitrogens with one attached hydrogen (secondary N) is 2. The Morgan fingerprint density at radius 2 is 1.74 bits per heavy atom. The summed E-state index contributed by atoms with van der Waals surface area (Å²) in [7, 11) is 3.29. The van der Waals surface area contributed by atoms with Crippen LogP contribution in [0.4, 0.5) is 11.5 Å². The predicted molar refractivity (Wildman–Crippen MR) is 138 cm³/mol. The lowest BCUT2D eigenvalue weighted by molar-refractivity contribution is 0.376. The van der Waals surface area contributed by atoms with Gasteiger partial charge in [-0.1, -0.05) is 23.4 Å². The summed E-state index contributed by atoms with van der Waals surface area (Å²) in [4.78, 5) is 3.27. The Morgan fingerprint density at radius 3 is 2.47 bits per heavy atom. The first-order valence-corrected chi connectivity index (χ1v) is 12.1. The SMILES string of the molecule is COc1cccc(OC)c1SNc1noc2cc(-c3cccc(N4CCNCC4)c3)c(C)cc12. The molecule has 0 amide bonds. The molecular formula is C26H28N4O3S. The smallest absolute Gasteiger partial charge is 0.187 e. The molecule has 7 nitrogen and oxygen atoms in total. The van der Waals surface area contributed by atoms with Gasteiger partial charge in [-0.2, -0.15) is 0 Å². The summed E-state index contributed by atoms with van der Waals surface area (Å²) in [5.41, 5.74) is 5.47. The lowest BCUT2D eigenvalue weighted by Gasteiger charge is -2.29. The average Bonchev–Trinajstić information content (AvgIpc) is 3.28. The van der Waals surface area contributed by atoms with Crippen molar-refractivity contribution in [2.24, 2.45) is 0 Å². The second-order valence-corrected chi connectivity index (χ2v) is 8.99. The Morgan fingerprint density at radius 1 is 1.00 bits per heavy atom. The van der Waals surface area contributed by atoms with Crippen LogP contribution in [0.3, 0.4) is 0 Å². The predicted octanol–water partition coefficient (Wildman–Crippen LogP) is 5.35. The topological polar surface area (TPSA) is 71.8 Å². The molecule has 1 aliphatic heterocycles. The highest BCUT2D eigenvalue weighted by Crippen LogP contribution is 2.39. The minimum absolute atomic E-state index is 0.664. The number of aromatic nitrogens is 1. The van der Waals surface area contributed by atoms with Crippen molar-refractivity contribution in [1.29, 1.82) is 0 Å². The standard InChI is InChI=1S/C26H28N4O3S/c1-17-14-21-24(16-20(17)18-6-4-7-19(15-18)30-12-10-27-11-13-30)33-28-26(21)29-34-25-22(31-2)8-5-9-23(25)32-3/h4-9,14-16,27H,10-13H2,1-3H3,(H,28,29). The second kappa shape index (κ2) is 9.87. The summed E-state index contributed by atoms with van der Waals surface area (Å²) in [6.45, 7) is 6.20. The van der Waals surface area contributed by atoms with E-state index in [-0.39, 0.29) is 0 Å². The van der Waals surface area contributed by atoms with Crippen molar-refractivity contribution in [2.75, 3.05) is 50.0 Å². The van der Waals surface area contributed by atoms with E-state index < -0.39 is 0 Å². The van der Waals surface area contributed by atoms with Gasteiger partial charge in [0.05, 0.1) is 19.6 Å². The second-order valence-electron chi connectivity index (χ2n) is 8.18. The normalized spacial score (nSPS) is 13.8. The average molecular weight is 477 g/mol. The van der Waals surface area contributed by atoms with E-state index in [1.165, 1.54) is 23.2 Å². The maximum atomic E-state index is 5.71. The first-order valence-electron chi connectivity index (χ1n) is 11.3. The molecule has 1 saturated heterocycles. The van der Waals surface area contributed by atoms with Gasteiger partial charge < -0.3 is 28.9 Å². The van der Waals surface area contributed by atoms with Gasteiger partial charge in [-0.05, 0) is 72.0 Å². The minimum Gasteiger partial charge on any atom is -0.495 e. The summed E-state index contributed by atoms with van der Waals surface area (Å²) < 4.78 is 20.0. The molecule has 8 heteroatoms. The van der Waals surface area contributed by atoms with Crippen LogP contribution in [0.25, 0.3) is 22.1 Å². The van der Waals surface area contributed by atoms with Gasteiger partial charge in [0.1, 0.15) is 16.4 Å². The van der Waals surface area contributed by atoms with Gasteiger partial charge in [-0.15, -0.1) is 0 Å². The van der Waals surface area contributed by atoms with Crippen molar-refractivity contribution in [3.63, 3.8) is 0 Å². The van der Waals surface area contributed by atoms with E-state index in [0.717, 1.165) is 64.7 Å². The zero-order valence-corrected chi connectivity index (χ0v) is 20.4. The molecule has 1 aromatic heterocycles. The van der Waals surface area contributed by atoms with Gasteiger partial charge in [-0.3, -0.25) is 0 Å². The lowest BCUT2D eigenvalue weighted by atomic mass is 9.98. The first kappa shape index (κ1) is 22.4. The van der Waals surface area contributed by atoms with E-state index in [4.69, 9.17) is 14.0 Å². The number of piperazine rings is 1. The van der Waals surface area contributed by atoms with Crippen molar-refractivity contribution >= 4 is 34.4 Å². The molecular weight excluding hydrogens is 448 g/mol. The third-order valence-electron chi connectivity index (χ3n) is 6.09. The van der Waals surface area contributed by atoms with Gasteiger partial charge in [0.25, 0.3) is 0 Å². The van der Waals surface area contributed by atoms with Crippen molar-refractivity contribution in [3.05, 3.63) is 60.2 Å². The summed E-state index contributed by atoms with van der Waals surface area (Å²) >= 11 is 1.39. The Kier molecular flexibility index (Phi) is 6.51. The molecule has 3 aromatic carbocycles. The largest absolute Gasteiger partial charge is 0.495 e. The highest BCUT2D eigenvalue weighted by Gasteiger charge is 2.17. The molecule has 0 spiro atoms. The van der Waals surface area contributed by atoms with Crippen LogP contribution in [0.15, 0.2) is 64.0 Å². The Balaban J connectivity index is 1.42. The van der Waals surface area contributed by atoms with Crippen molar-refractivity contribution < 1.29 is 14.0 Å². The van der Waals surface area contributed by atoms with E-state index >= 15 is 0 Å². The molecule has 4 aromatic rings. The number of nitrogens with zero attached hydrogens (tertiary/aromatic N) is 2. The lowest BCUT2D eigenvalue weighted by Crippen LogP contribution is -2.43. The van der Waals surface area contributed by atoms with Gasteiger partial charge >= 0.3 is 0 Å². The van der Waals surface area contributed by atoms with E-state index in [0.29, 0.717) is 5.82 Å². The summed E-state index contributed by atoms with van der Waals surface area (Å²) in [6, 6.07) is 18.6. The Hall–Kier alpha value is -3.36. The molecule has 0 atom stereocenters. The van der Waals surface area contributed by atoms with Crippen molar-refractivity contribution in [3.8, 4) is 22.6 Å². The highest BCUT2D eigenvalue weighted by molar-refractivity contribution is 8.00. The Bertz CT molecular complexity index is 1280. The van der Waals surface area contributed by atoms with Crippen LogP contribution >= 0.6 is 11.9 Å². The Labute approximate surface area is 203 Å². The van der Waals surface area contributed by atoms with Gasteiger partial charge in [0.2, 0.25) is 0 Å². The van der Waals surface area contributed by atoms with Gasteiger partial charge in [0.15, 0.2) is 11.4 Å². The molecule has 34 heavy (non-hydrogen) atoms. The molecule has 0 radical (unpaired) electrons. The number of fused-ring (bicyclic) bond motifs is 1. The zero-order chi connectivity index (χ0) is 23.5. The molecule has 2 N–H and O–H groups in total. The number of aryl methyl sites for hydroxylation is 1. The first-order chi connectivity index (χ1) is 16.7. The molecule has 0 saturated carbocycles. The van der Waals surface area contributed by atoms with Gasteiger partial charge in [-0.25, -0.2) is 0 Å². The fourth-order valence-electron chi connectivity index (χ4n) is 4.29. The van der Waals surface area contributed by atoms with E-state index in [2.05, 4.69) is 63.4 Å². The molecule has 1 fully saturated rings. The molecule has 0 aliphatic carbocycles. The number of ether oxygens (including phenoxy) is 2. The van der Waals surface area contributed by atoms with E-state index in [9.17, 15) is 0 Å². The molecule has 176 valence electrons. The van der Waals surface area contributed by atoms with E-state index in [1.807, 2.05) is 18.2 Å². The number of methoxy groups -OCH3 is 2. The number of rotatable bonds is 7. The van der Waals surface area contributed by atoms with Crippen molar-refractivity contribution in [2.45, 2.75) is 11.8 Å². The summed E-state index contributed by atoms with van der Waals surface area (Å²) in [5.74, 6) is 2.12. The van der Waals surface area contributed by atoms with Crippen molar-refractivity contribution in [1.82, 2.24) is 10.5 Å². The highest BCUT2D eigenvalue weighted by atomic mass is 32.2. The van der Waals surface area contributed by atoms with Gasteiger partial charge in [0, 0.05) is 31.9 Å². The summed E-state index contributed by atoms with van der Waals surface area (Å²) in [5, 5.41) is 8.63. The fourth-order valence-corrected chi connectivity index (χ4v) is 5.14. The van der Waals surface area contributed by atoms with Crippen LogP contribution in [-0.4, -0.2) is 45.6 Å². The zero-order valence-electron chi connectivity index (χ0n) is 19.6. The van der Waals surface area contributed by atoms with Crippen LogP contribution < -0.4 is 24.4 Å². The number of anilines is 2. The number of hydrogen-bond donors (Lipinski definition) is 2. The summed E-state index contributed by atoms with van der Waals surface area (Å²) in [6.07, 6.45) is 0. The maximum Gasteiger partial charge on any atom is 0.187 e. The quantitative estimate of drug-likeness (QED) is 0.346. The third kappa shape index (κ3) is 4.38. The van der Waals surface area contributed by atoms with Crippen LogP contribution in [0.1, 0.15) is 5.56 Å². The van der Waals surface area contributed by atoms with Crippen LogP contribution in [0, 0.1) is 6.92 Å². The molecule has 0 unspecified atom stereocenters. The fraction of sp³-hybridized carbons (Fsp3) is 0.269. The molecule has 5 rings (SSSR count). The van der Waals surface area contributed by atoms with Crippen LogP contribution in [0.2, 0.25) is 0 Å². The maximum absolute atomic E-state index is 5.71. The number of benzene rings is 3. The number of hydrogen-bond acceptors (Lipinski definition) is 8. The molecule has 1 aliphatic rings. The van der Waals surface area contributed by atoms with Crippen LogP contribution in [0.5, 0.6) is 11.5 Å². The minimum atomic E-state index is 0.664. The molecule has 0 bridgehead atoms. The van der Waals surface area contributed by atoms with Crippen LogP contribution in [-0.2, 0) is 0 Å². The third-order valence-corrected chi connectivity index (χ3v) is 6.99. The molecule has 2 heterocycles. The van der Waals surface area contributed by atoms with E-state index in [1.54, 1.807) is 14.2 Å². The monoisotopic (exact) mass is 476 g/mol.